The molecule has 0 N–H and O–H groups in total. The highest BCUT2D eigenvalue weighted by molar-refractivity contribution is 6.33. The Balaban J connectivity index is 2.23. The van der Waals surface area contributed by atoms with E-state index >= 15 is 0 Å². The van der Waals surface area contributed by atoms with E-state index < -0.39 is 0 Å². The van der Waals surface area contributed by atoms with Gasteiger partial charge in [0.2, 0.25) is 0 Å². The average molecular weight is 251 g/mol. The van der Waals surface area contributed by atoms with Crippen molar-refractivity contribution < 1.29 is 4.74 Å². The third-order valence-corrected chi connectivity index (χ3v) is 3.46. The van der Waals surface area contributed by atoms with E-state index in [1.807, 2.05) is 42.5 Å². The van der Waals surface area contributed by atoms with Crippen molar-refractivity contribution in [3.63, 3.8) is 0 Å². The second-order valence-electron chi connectivity index (χ2n) is 3.65. The first-order chi connectivity index (χ1) is 7.77. The maximum Gasteiger partial charge on any atom is 0.133 e. The molecule has 0 aromatic heterocycles. The summed E-state index contributed by atoms with van der Waals surface area (Å²) in [4.78, 5) is 0. The van der Waals surface area contributed by atoms with Crippen LogP contribution in [0.5, 0.6) is 11.5 Å². The zero-order valence-electron chi connectivity index (χ0n) is 8.28. The number of halogens is 2. The van der Waals surface area contributed by atoms with Crippen molar-refractivity contribution in [3.8, 4) is 11.5 Å². The van der Waals surface area contributed by atoms with Crippen LogP contribution in [0.3, 0.4) is 0 Å². The highest BCUT2D eigenvalue weighted by Crippen LogP contribution is 2.48. The molecular formula is C13H8Cl2O. The Morgan fingerprint density at radius 3 is 2.56 bits per heavy atom. The number of benzene rings is 2. The number of para-hydroxylation sites is 1. The Morgan fingerprint density at radius 1 is 0.938 bits per heavy atom. The zero-order chi connectivity index (χ0) is 11.1. The molecule has 2 aromatic rings. The summed E-state index contributed by atoms with van der Waals surface area (Å²) >= 11 is 12.6. The molecule has 0 fully saturated rings. The SMILES string of the molecule is Clc1cccc2c1C(Cl)c1ccccc1O2. The van der Waals surface area contributed by atoms with Crippen LogP contribution in [0.2, 0.25) is 5.02 Å². The minimum Gasteiger partial charge on any atom is -0.457 e. The summed E-state index contributed by atoms with van der Waals surface area (Å²) in [6, 6.07) is 13.3. The summed E-state index contributed by atoms with van der Waals surface area (Å²) < 4.78 is 5.76. The number of fused-ring (bicyclic) bond motifs is 2. The summed E-state index contributed by atoms with van der Waals surface area (Å²) in [7, 11) is 0. The largest absolute Gasteiger partial charge is 0.457 e. The summed E-state index contributed by atoms with van der Waals surface area (Å²) in [5.41, 5.74) is 1.81. The van der Waals surface area contributed by atoms with Gasteiger partial charge in [0.25, 0.3) is 0 Å². The lowest BCUT2D eigenvalue weighted by molar-refractivity contribution is 0.458. The third-order valence-electron chi connectivity index (χ3n) is 2.68. The topological polar surface area (TPSA) is 9.23 Å². The van der Waals surface area contributed by atoms with Crippen LogP contribution >= 0.6 is 23.2 Å². The second kappa shape index (κ2) is 3.69. The molecule has 80 valence electrons. The highest BCUT2D eigenvalue weighted by atomic mass is 35.5. The van der Waals surface area contributed by atoms with Gasteiger partial charge in [-0.15, -0.1) is 11.6 Å². The molecule has 0 aliphatic carbocycles. The number of rotatable bonds is 0. The lowest BCUT2D eigenvalue weighted by Gasteiger charge is -2.24. The van der Waals surface area contributed by atoms with Gasteiger partial charge in [-0.25, -0.2) is 0 Å². The van der Waals surface area contributed by atoms with E-state index in [9.17, 15) is 0 Å². The van der Waals surface area contributed by atoms with Crippen LogP contribution < -0.4 is 4.74 Å². The van der Waals surface area contributed by atoms with E-state index in [0.717, 1.165) is 22.6 Å². The number of alkyl halides is 1. The zero-order valence-corrected chi connectivity index (χ0v) is 9.79. The van der Waals surface area contributed by atoms with E-state index in [1.54, 1.807) is 0 Å². The lowest BCUT2D eigenvalue weighted by Crippen LogP contribution is -2.06. The second-order valence-corrected chi connectivity index (χ2v) is 4.50. The number of ether oxygens (including phenoxy) is 1. The molecule has 0 saturated carbocycles. The van der Waals surface area contributed by atoms with Gasteiger partial charge in [-0.1, -0.05) is 35.9 Å². The van der Waals surface area contributed by atoms with Gasteiger partial charge in [0.15, 0.2) is 0 Å². The molecule has 0 amide bonds. The minimum atomic E-state index is -0.242. The van der Waals surface area contributed by atoms with Crippen molar-refractivity contribution in [2.45, 2.75) is 5.38 Å². The predicted molar refractivity (Wildman–Crippen MR) is 65.7 cm³/mol. The Kier molecular flexibility index (Phi) is 2.31. The fourth-order valence-corrected chi connectivity index (χ4v) is 2.65. The van der Waals surface area contributed by atoms with Crippen molar-refractivity contribution in [2.75, 3.05) is 0 Å². The smallest absolute Gasteiger partial charge is 0.133 e. The molecule has 0 radical (unpaired) electrons. The summed E-state index contributed by atoms with van der Waals surface area (Å²) in [6.45, 7) is 0. The number of hydrogen-bond donors (Lipinski definition) is 0. The Morgan fingerprint density at radius 2 is 1.69 bits per heavy atom. The fourth-order valence-electron chi connectivity index (χ4n) is 1.91. The van der Waals surface area contributed by atoms with Gasteiger partial charge in [-0.05, 0) is 18.2 Å². The highest BCUT2D eigenvalue weighted by Gasteiger charge is 2.27. The fraction of sp³-hybridized carbons (Fsp3) is 0.0769. The monoisotopic (exact) mass is 250 g/mol. The first kappa shape index (κ1) is 10.0. The standard InChI is InChI=1S/C13H8Cl2O/c14-9-5-3-7-11-12(9)13(15)8-4-1-2-6-10(8)16-11/h1-7,13H. The van der Waals surface area contributed by atoms with Crippen molar-refractivity contribution in [1.82, 2.24) is 0 Å². The average Bonchev–Trinajstić information content (AvgIpc) is 2.29. The van der Waals surface area contributed by atoms with E-state index in [2.05, 4.69) is 0 Å². The van der Waals surface area contributed by atoms with E-state index in [4.69, 9.17) is 27.9 Å². The quantitative estimate of drug-likeness (QED) is 0.612. The van der Waals surface area contributed by atoms with Gasteiger partial charge in [-0.2, -0.15) is 0 Å². The molecule has 2 aromatic carbocycles. The van der Waals surface area contributed by atoms with Crippen molar-refractivity contribution in [2.24, 2.45) is 0 Å². The van der Waals surface area contributed by atoms with E-state index in [0.29, 0.717) is 5.02 Å². The summed E-state index contributed by atoms with van der Waals surface area (Å²) in [5, 5.41) is 0.403. The van der Waals surface area contributed by atoms with Gasteiger partial charge >= 0.3 is 0 Å². The van der Waals surface area contributed by atoms with Gasteiger partial charge in [0.05, 0.1) is 5.38 Å². The maximum atomic E-state index is 6.42. The minimum absolute atomic E-state index is 0.242. The van der Waals surface area contributed by atoms with Crippen LogP contribution in [-0.4, -0.2) is 0 Å². The van der Waals surface area contributed by atoms with E-state index in [-0.39, 0.29) is 5.38 Å². The number of hydrogen-bond acceptors (Lipinski definition) is 1. The molecule has 1 unspecified atom stereocenters. The molecule has 0 spiro atoms. The molecule has 0 saturated heterocycles. The molecule has 16 heavy (non-hydrogen) atoms. The summed E-state index contributed by atoms with van der Waals surface area (Å²) in [5.74, 6) is 1.54. The van der Waals surface area contributed by atoms with Crippen LogP contribution in [0, 0.1) is 0 Å². The Hall–Kier alpha value is -1.18. The maximum absolute atomic E-state index is 6.42. The van der Waals surface area contributed by atoms with Crippen LogP contribution in [0.1, 0.15) is 16.5 Å². The Labute approximate surface area is 104 Å². The van der Waals surface area contributed by atoms with Crippen LogP contribution in [0.25, 0.3) is 0 Å². The third kappa shape index (κ3) is 1.40. The summed E-state index contributed by atoms with van der Waals surface area (Å²) in [6.07, 6.45) is 0. The van der Waals surface area contributed by atoms with Gasteiger partial charge < -0.3 is 4.74 Å². The molecule has 1 aliphatic heterocycles. The van der Waals surface area contributed by atoms with Crippen LogP contribution in [0.15, 0.2) is 42.5 Å². The normalized spacial score (nSPS) is 17.2. The predicted octanol–water partition coefficient (Wildman–Crippen LogP) is 4.77. The molecule has 3 heteroatoms. The molecule has 1 aliphatic rings. The molecule has 1 nitrogen and oxygen atoms in total. The van der Waals surface area contributed by atoms with Gasteiger partial charge in [0, 0.05) is 16.1 Å². The molecule has 1 atom stereocenters. The van der Waals surface area contributed by atoms with Crippen molar-refractivity contribution >= 4 is 23.2 Å². The molecule has 0 bridgehead atoms. The van der Waals surface area contributed by atoms with Crippen LogP contribution in [0.4, 0.5) is 0 Å². The van der Waals surface area contributed by atoms with Crippen molar-refractivity contribution in [3.05, 3.63) is 58.6 Å². The van der Waals surface area contributed by atoms with E-state index in [1.165, 1.54) is 0 Å². The molecule has 3 rings (SSSR count). The first-order valence-corrected chi connectivity index (χ1v) is 5.78. The molecular weight excluding hydrogens is 243 g/mol. The first-order valence-electron chi connectivity index (χ1n) is 4.96. The molecule has 1 heterocycles. The van der Waals surface area contributed by atoms with Crippen molar-refractivity contribution in [1.29, 1.82) is 0 Å². The Bertz CT molecular complexity index is 551. The van der Waals surface area contributed by atoms with Gasteiger partial charge in [-0.3, -0.25) is 0 Å². The van der Waals surface area contributed by atoms with Crippen LogP contribution in [-0.2, 0) is 0 Å². The van der Waals surface area contributed by atoms with Gasteiger partial charge in [0.1, 0.15) is 11.5 Å². The lowest BCUT2D eigenvalue weighted by atomic mass is 10.00.